The molecule has 0 aliphatic carbocycles. The molecule has 0 saturated carbocycles. The molecule has 0 spiro atoms. The van der Waals surface area contributed by atoms with Gasteiger partial charge in [-0.15, -0.1) is 0 Å². The topological polar surface area (TPSA) is 57.7 Å². The molecule has 2 atom stereocenters. The summed E-state index contributed by atoms with van der Waals surface area (Å²) in [5.41, 5.74) is 3.44. The highest BCUT2D eigenvalue weighted by Gasteiger charge is 2.54. The number of fused-ring (bicyclic) bond motifs is 1. The van der Waals surface area contributed by atoms with E-state index in [1.54, 1.807) is 34.1 Å². The molecule has 0 unspecified atom stereocenters. The molecule has 26 heavy (non-hydrogen) atoms. The van der Waals surface area contributed by atoms with Gasteiger partial charge in [0.05, 0.1) is 23.6 Å². The molecule has 2 aromatic carbocycles. The first-order valence-corrected chi connectivity index (χ1v) is 10.6. The molecule has 2 aliphatic rings. The Morgan fingerprint density at radius 2 is 1.65 bits per heavy atom. The lowest BCUT2D eigenvalue weighted by molar-refractivity contribution is 0.255. The highest BCUT2D eigenvalue weighted by molar-refractivity contribution is 7.91. The SMILES string of the molecule is Cc1cccc(N2C(=O)N(c3cccc(Cl)c3)[C@@H]3CS(=O)(=O)C[C@H]32)c1C. The molecular formula is C19H19ClN2O3S. The van der Waals surface area contributed by atoms with Crippen molar-refractivity contribution in [3.05, 3.63) is 58.6 Å². The molecule has 7 heteroatoms. The predicted octanol–water partition coefficient (Wildman–Crippen LogP) is 3.57. The number of hydrogen-bond donors (Lipinski definition) is 0. The van der Waals surface area contributed by atoms with Crippen molar-refractivity contribution >= 4 is 38.8 Å². The van der Waals surface area contributed by atoms with Gasteiger partial charge in [0.15, 0.2) is 9.84 Å². The number of sulfone groups is 1. The van der Waals surface area contributed by atoms with Crippen molar-refractivity contribution in [1.29, 1.82) is 0 Å². The van der Waals surface area contributed by atoms with Crippen molar-refractivity contribution in [2.45, 2.75) is 25.9 Å². The summed E-state index contributed by atoms with van der Waals surface area (Å²) in [5.74, 6) is -0.0505. The summed E-state index contributed by atoms with van der Waals surface area (Å²) < 4.78 is 24.7. The zero-order chi connectivity index (χ0) is 18.6. The summed E-state index contributed by atoms with van der Waals surface area (Å²) in [7, 11) is -3.21. The second-order valence-electron chi connectivity index (χ2n) is 6.93. The van der Waals surface area contributed by atoms with E-state index in [1.165, 1.54) is 0 Å². The summed E-state index contributed by atoms with van der Waals surface area (Å²) in [4.78, 5) is 16.6. The molecule has 2 aromatic rings. The Morgan fingerprint density at radius 3 is 2.35 bits per heavy atom. The first-order valence-electron chi connectivity index (χ1n) is 8.43. The predicted molar refractivity (Wildman–Crippen MR) is 104 cm³/mol. The van der Waals surface area contributed by atoms with E-state index in [0.717, 1.165) is 16.8 Å². The Hall–Kier alpha value is -2.05. The number of benzene rings is 2. The second kappa shape index (κ2) is 5.99. The third-order valence-electron chi connectivity index (χ3n) is 5.29. The quantitative estimate of drug-likeness (QED) is 0.736. The van der Waals surface area contributed by atoms with Gasteiger partial charge in [0.1, 0.15) is 0 Å². The normalized spacial score (nSPS) is 24.2. The van der Waals surface area contributed by atoms with Gasteiger partial charge in [-0.05, 0) is 49.2 Å². The van der Waals surface area contributed by atoms with Gasteiger partial charge in [0, 0.05) is 16.4 Å². The van der Waals surface area contributed by atoms with Gasteiger partial charge in [-0.25, -0.2) is 13.2 Å². The van der Waals surface area contributed by atoms with Crippen LogP contribution in [0.4, 0.5) is 16.2 Å². The Bertz CT molecular complexity index is 1010. The van der Waals surface area contributed by atoms with E-state index in [1.807, 2.05) is 32.0 Å². The van der Waals surface area contributed by atoms with E-state index in [0.29, 0.717) is 10.7 Å². The number of carbonyl (C=O) groups excluding carboxylic acids is 1. The second-order valence-corrected chi connectivity index (χ2v) is 9.52. The molecule has 2 amide bonds. The lowest BCUT2D eigenvalue weighted by Gasteiger charge is -2.24. The van der Waals surface area contributed by atoms with Gasteiger partial charge in [0.25, 0.3) is 0 Å². The van der Waals surface area contributed by atoms with Gasteiger partial charge in [-0.3, -0.25) is 9.80 Å². The van der Waals surface area contributed by atoms with Crippen LogP contribution in [0.1, 0.15) is 11.1 Å². The Labute approximate surface area is 158 Å². The van der Waals surface area contributed by atoms with Crippen molar-refractivity contribution in [2.75, 3.05) is 21.3 Å². The van der Waals surface area contributed by atoms with Crippen molar-refractivity contribution in [2.24, 2.45) is 0 Å². The van der Waals surface area contributed by atoms with Gasteiger partial charge in [-0.1, -0.05) is 29.8 Å². The number of halogens is 1. The zero-order valence-corrected chi connectivity index (χ0v) is 16.1. The van der Waals surface area contributed by atoms with Gasteiger partial charge in [0.2, 0.25) is 0 Å². The van der Waals surface area contributed by atoms with E-state index < -0.39 is 21.9 Å². The summed E-state index contributed by atoms with van der Waals surface area (Å²) in [6, 6.07) is 11.7. The first kappa shape index (κ1) is 17.4. The fraction of sp³-hybridized carbons (Fsp3) is 0.316. The number of urea groups is 1. The minimum absolute atomic E-state index is 0.0200. The fourth-order valence-electron chi connectivity index (χ4n) is 3.91. The van der Waals surface area contributed by atoms with Crippen molar-refractivity contribution < 1.29 is 13.2 Å². The average molecular weight is 391 g/mol. The maximum Gasteiger partial charge on any atom is 0.329 e. The molecule has 2 heterocycles. The van der Waals surface area contributed by atoms with Gasteiger partial charge in [-0.2, -0.15) is 0 Å². The smallest absolute Gasteiger partial charge is 0.288 e. The average Bonchev–Trinajstić information content (AvgIpc) is 2.99. The van der Waals surface area contributed by atoms with E-state index in [4.69, 9.17) is 11.6 Å². The molecule has 0 bridgehead atoms. The molecule has 2 saturated heterocycles. The van der Waals surface area contributed by atoms with Crippen molar-refractivity contribution in [3.63, 3.8) is 0 Å². The molecule has 4 rings (SSSR count). The number of anilines is 2. The van der Waals surface area contributed by atoms with E-state index >= 15 is 0 Å². The van der Waals surface area contributed by atoms with E-state index in [2.05, 4.69) is 0 Å². The van der Waals surface area contributed by atoms with E-state index in [-0.39, 0.29) is 17.5 Å². The fourth-order valence-corrected chi connectivity index (χ4v) is 6.01. The summed E-state index contributed by atoms with van der Waals surface area (Å²) in [6.45, 7) is 3.94. The zero-order valence-electron chi connectivity index (χ0n) is 14.5. The summed E-state index contributed by atoms with van der Waals surface area (Å²) in [5, 5.41) is 0.512. The maximum absolute atomic E-state index is 13.3. The standard InChI is InChI=1S/C19H19ClN2O3S/c1-12-5-3-8-16(13(12)2)22-18-11-26(24,25)10-17(18)21(19(22)23)15-7-4-6-14(20)9-15/h3-9,17-18H,10-11H2,1-2H3/t17-,18-/m1/s1. The highest BCUT2D eigenvalue weighted by atomic mass is 35.5. The number of aryl methyl sites for hydroxylation is 1. The summed E-state index contributed by atoms with van der Waals surface area (Å²) in [6.07, 6.45) is 0. The third kappa shape index (κ3) is 2.68. The molecule has 2 fully saturated rings. The van der Waals surface area contributed by atoms with Gasteiger partial charge >= 0.3 is 6.03 Å². The summed E-state index contributed by atoms with van der Waals surface area (Å²) >= 11 is 6.10. The van der Waals surface area contributed by atoms with Crippen molar-refractivity contribution in [1.82, 2.24) is 0 Å². The van der Waals surface area contributed by atoms with Crippen LogP contribution in [-0.2, 0) is 9.84 Å². The lowest BCUT2D eigenvalue weighted by atomic mass is 10.1. The van der Waals surface area contributed by atoms with Crippen LogP contribution in [0.5, 0.6) is 0 Å². The molecular weight excluding hydrogens is 372 g/mol. The van der Waals surface area contributed by atoms with Crippen LogP contribution in [0.15, 0.2) is 42.5 Å². The number of amides is 2. The Morgan fingerprint density at radius 1 is 1.00 bits per heavy atom. The minimum Gasteiger partial charge on any atom is -0.288 e. The van der Waals surface area contributed by atoms with Crippen LogP contribution >= 0.6 is 11.6 Å². The van der Waals surface area contributed by atoms with Crippen LogP contribution in [0.3, 0.4) is 0 Å². The molecule has 0 radical (unpaired) electrons. The van der Waals surface area contributed by atoms with E-state index in [9.17, 15) is 13.2 Å². The third-order valence-corrected chi connectivity index (χ3v) is 7.22. The van der Waals surface area contributed by atoms with Crippen LogP contribution in [-0.4, -0.2) is 38.0 Å². The number of carbonyl (C=O) groups is 1. The van der Waals surface area contributed by atoms with Crippen LogP contribution in [0.25, 0.3) is 0 Å². The molecule has 136 valence electrons. The lowest BCUT2D eigenvalue weighted by Crippen LogP contribution is -2.38. The van der Waals surface area contributed by atoms with Gasteiger partial charge < -0.3 is 0 Å². The van der Waals surface area contributed by atoms with Crippen LogP contribution in [0.2, 0.25) is 5.02 Å². The Kier molecular flexibility index (Phi) is 4.00. The Balaban J connectivity index is 1.86. The van der Waals surface area contributed by atoms with Crippen molar-refractivity contribution in [3.8, 4) is 0 Å². The number of rotatable bonds is 2. The molecule has 2 aliphatic heterocycles. The maximum atomic E-state index is 13.3. The highest BCUT2D eigenvalue weighted by Crippen LogP contribution is 2.39. The largest absolute Gasteiger partial charge is 0.329 e. The number of nitrogens with zero attached hydrogens (tertiary/aromatic N) is 2. The molecule has 0 aromatic heterocycles. The van der Waals surface area contributed by atoms with Crippen LogP contribution < -0.4 is 9.80 Å². The first-order chi connectivity index (χ1) is 12.3. The monoisotopic (exact) mass is 390 g/mol. The van der Waals surface area contributed by atoms with Crippen LogP contribution in [0, 0.1) is 13.8 Å². The molecule has 5 nitrogen and oxygen atoms in total. The number of hydrogen-bond acceptors (Lipinski definition) is 3. The molecule has 0 N–H and O–H groups in total. The minimum atomic E-state index is -3.21.